The predicted molar refractivity (Wildman–Crippen MR) is 126 cm³/mol. The third-order valence-corrected chi connectivity index (χ3v) is 6.29. The van der Waals surface area contributed by atoms with E-state index in [2.05, 4.69) is 10.6 Å². The van der Waals surface area contributed by atoms with Crippen LogP contribution in [0.3, 0.4) is 0 Å². The first-order chi connectivity index (χ1) is 16.3. The van der Waals surface area contributed by atoms with Crippen molar-refractivity contribution < 1.29 is 33.4 Å². The fraction of sp³-hybridized carbons (Fsp3) is 0.417. The summed E-state index contributed by atoms with van der Waals surface area (Å²) in [5, 5.41) is 5.52. The number of hydrogen-bond acceptors (Lipinski definition) is 8. The van der Waals surface area contributed by atoms with Gasteiger partial charge in [0.05, 0.1) is 24.3 Å². The maximum Gasteiger partial charge on any atom is 0.341 e. The number of anilines is 1. The topological polar surface area (TPSA) is 120 Å². The Morgan fingerprint density at radius 3 is 2.56 bits per heavy atom. The number of ether oxygens (including phenoxy) is 3. The molecule has 3 rings (SSSR count). The summed E-state index contributed by atoms with van der Waals surface area (Å²) in [5.41, 5.74) is 1.59. The standard InChI is InChI=1S/C24H28N2O7S/c1-14(2)33-24(30)21-16-9-5-7-11-18(16)34-23(21)26-19(27)13-32-20(28)12-25-22(29)15-8-4-6-10-17(15)31-3/h4,6,8,10,14H,5,7,9,11-13H2,1-3H3,(H,25,29)(H,26,27). The van der Waals surface area contributed by atoms with Gasteiger partial charge in [0.15, 0.2) is 6.61 Å². The van der Waals surface area contributed by atoms with Gasteiger partial charge in [0.1, 0.15) is 17.3 Å². The lowest BCUT2D eigenvalue weighted by atomic mass is 9.95. The Bertz CT molecular complexity index is 1080. The fourth-order valence-corrected chi connectivity index (χ4v) is 4.88. The average molecular weight is 489 g/mol. The van der Waals surface area contributed by atoms with Crippen LogP contribution in [0.15, 0.2) is 24.3 Å². The molecule has 34 heavy (non-hydrogen) atoms. The Kier molecular flexibility index (Phi) is 8.64. The molecule has 2 amide bonds. The van der Waals surface area contributed by atoms with Gasteiger partial charge in [-0.15, -0.1) is 11.3 Å². The number of carbonyl (C=O) groups excluding carboxylic acids is 4. The summed E-state index contributed by atoms with van der Waals surface area (Å²) < 4.78 is 15.5. The highest BCUT2D eigenvalue weighted by atomic mass is 32.1. The fourth-order valence-electron chi connectivity index (χ4n) is 3.58. The first-order valence-corrected chi connectivity index (χ1v) is 11.8. The van der Waals surface area contributed by atoms with Crippen molar-refractivity contribution in [3.05, 3.63) is 45.8 Å². The van der Waals surface area contributed by atoms with E-state index in [0.29, 0.717) is 16.3 Å². The van der Waals surface area contributed by atoms with Crippen molar-refractivity contribution in [2.24, 2.45) is 0 Å². The van der Waals surface area contributed by atoms with E-state index in [1.165, 1.54) is 18.4 Å². The third-order valence-electron chi connectivity index (χ3n) is 5.08. The Morgan fingerprint density at radius 1 is 1.09 bits per heavy atom. The van der Waals surface area contributed by atoms with Crippen molar-refractivity contribution in [1.82, 2.24) is 5.32 Å². The molecule has 0 atom stereocenters. The van der Waals surface area contributed by atoms with Crippen LogP contribution >= 0.6 is 11.3 Å². The quantitative estimate of drug-likeness (QED) is 0.521. The molecule has 1 aromatic carbocycles. The minimum atomic E-state index is -0.775. The van der Waals surface area contributed by atoms with Crippen LogP contribution in [0, 0.1) is 0 Å². The smallest absolute Gasteiger partial charge is 0.341 e. The van der Waals surface area contributed by atoms with Crippen LogP contribution < -0.4 is 15.4 Å². The van der Waals surface area contributed by atoms with Crippen LogP contribution in [0.4, 0.5) is 5.00 Å². The number of aryl methyl sites for hydroxylation is 1. The lowest BCUT2D eigenvalue weighted by Crippen LogP contribution is -2.32. The zero-order valence-corrected chi connectivity index (χ0v) is 20.2. The number of fused-ring (bicyclic) bond motifs is 1. The Labute approximate surface area is 201 Å². The molecular formula is C24H28N2O7S. The Morgan fingerprint density at radius 2 is 1.82 bits per heavy atom. The molecule has 0 saturated carbocycles. The molecule has 0 unspecified atom stereocenters. The minimum Gasteiger partial charge on any atom is -0.496 e. The van der Waals surface area contributed by atoms with E-state index in [0.717, 1.165) is 36.1 Å². The van der Waals surface area contributed by atoms with Crippen LogP contribution in [-0.4, -0.2) is 50.1 Å². The molecule has 1 heterocycles. The maximum absolute atomic E-state index is 12.7. The molecule has 0 saturated heterocycles. The van der Waals surface area contributed by atoms with Crippen molar-refractivity contribution in [1.29, 1.82) is 0 Å². The number of nitrogens with one attached hydrogen (secondary N) is 2. The molecule has 182 valence electrons. The first kappa shape index (κ1) is 25.2. The van der Waals surface area contributed by atoms with Crippen LogP contribution in [0.5, 0.6) is 5.75 Å². The van der Waals surface area contributed by atoms with E-state index in [4.69, 9.17) is 14.2 Å². The summed E-state index contributed by atoms with van der Waals surface area (Å²) in [5.74, 6) is -1.96. The van der Waals surface area contributed by atoms with Crippen molar-refractivity contribution in [2.75, 3.05) is 25.6 Å². The van der Waals surface area contributed by atoms with Gasteiger partial charge in [0.25, 0.3) is 11.8 Å². The Hall–Kier alpha value is -3.40. The summed E-state index contributed by atoms with van der Waals surface area (Å²) in [7, 11) is 1.44. The van der Waals surface area contributed by atoms with Gasteiger partial charge in [0, 0.05) is 4.88 Å². The molecule has 0 radical (unpaired) electrons. The average Bonchev–Trinajstić information content (AvgIpc) is 3.18. The highest BCUT2D eigenvalue weighted by Gasteiger charge is 2.28. The van der Waals surface area contributed by atoms with Gasteiger partial charge in [-0.3, -0.25) is 14.4 Å². The molecule has 2 aromatic rings. The second-order valence-electron chi connectivity index (χ2n) is 7.96. The number of carbonyl (C=O) groups is 4. The van der Waals surface area contributed by atoms with E-state index >= 15 is 0 Å². The number of thiophene rings is 1. The summed E-state index contributed by atoms with van der Waals surface area (Å²) in [4.78, 5) is 50.4. The van der Waals surface area contributed by atoms with Gasteiger partial charge in [-0.1, -0.05) is 12.1 Å². The lowest BCUT2D eigenvalue weighted by Gasteiger charge is -2.14. The Balaban J connectivity index is 1.55. The predicted octanol–water partition coefficient (Wildman–Crippen LogP) is 3.11. The van der Waals surface area contributed by atoms with Gasteiger partial charge in [-0.05, 0) is 57.2 Å². The van der Waals surface area contributed by atoms with Gasteiger partial charge in [0.2, 0.25) is 0 Å². The molecule has 10 heteroatoms. The monoisotopic (exact) mass is 488 g/mol. The van der Waals surface area contributed by atoms with Crippen LogP contribution in [0.1, 0.15) is 57.8 Å². The molecule has 2 N–H and O–H groups in total. The number of esters is 2. The van der Waals surface area contributed by atoms with Gasteiger partial charge in [-0.25, -0.2) is 4.79 Å². The zero-order chi connectivity index (χ0) is 24.7. The number of benzene rings is 1. The van der Waals surface area contributed by atoms with E-state index in [1.54, 1.807) is 38.1 Å². The van der Waals surface area contributed by atoms with E-state index in [1.807, 2.05) is 0 Å². The van der Waals surface area contributed by atoms with E-state index in [-0.39, 0.29) is 11.7 Å². The van der Waals surface area contributed by atoms with Crippen LogP contribution in [0.25, 0.3) is 0 Å². The molecule has 0 aliphatic heterocycles. The third kappa shape index (κ3) is 6.34. The molecule has 1 aliphatic carbocycles. The highest BCUT2D eigenvalue weighted by Crippen LogP contribution is 2.38. The van der Waals surface area contributed by atoms with Crippen molar-refractivity contribution in [2.45, 2.75) is 45.6 Å². The molecule has 9 nitrogen and oxygen atoms in total. The number of para-hydroxylation sites is 1. The largest absolute Gasteiger partial charge is 0.496 e. The number of amides is 2. The second-order valence-corrected chi connectivity index (χ2v) is 9.07. The van der Waals surface area contributed by atoms with Crippen LogP contribution in [0.2, 0.25) is 0 Å². The number of methoxy groups -OCH3 is 1. The second kappa shape index (κ2) is 11.6. The normalized spacial score (nSPS) is 12.5. The first-order valence-electron chi connectivity index (χ1n) is 11.0. The molecule has 0 fully saturated rings. The van der Waals surface area contributed by atoms with E-state index < -0.39 is 36.9 Å². The van der Waals surface area contributed by atoms with Gasteiger partial charge < -0.3 is 24.8 Å². The van der Waals surface area contributed by atoms with Crippen LogP contribution in [-0.2, 0) is 31.9 Å². The summed E-state index contributed by atoms with van der Waals surface area (Å²) in [6.45, 7) is 2.57. The van der Waals surface area contributed by atoms with Crippen molar-refractivity contribution >= 4 is 40.1 Å². The molecule has 0 spiro atoms. The number of hydrogen-bond donors (Lipinski definition) is 2. The van der Waals surface area contributed by atoms with E-state index in [9.17, 15) is 19.2 Å². The number of rotatable bonds is 9. The summed E-state index contributed by atoms with van der Waals surface area (Å²) >= 11 is 1.35. The zero-order valence-electron chi connectivity index (χ0n) is 19.4. The molecular weight excluding hydrogens is 460 g/mol. The maximum atomic E-state index is 12.7. The van der Waals surface area contributed by atoms with Gasteiger partial charge in [-0.2, -0.15) is 0 Å². The molecule has 1 aromatic heterocycles. The molecule has 1 aliphatic rings. The summed E-state index contributed by atoms with van der Waals surface area (Å²) in [6, 6.07) is 6.59. The minimum absolute atomic E-state index is 0.276. The SMILES string of the molecule is COc1ccccc1C(=O)NCC(=O)OCC(=O)Nc1sc2c(c1C(=O)OC(C)C)CCCC2. The lowest BCUT2D eigenvalue weighted by molar-refractivity contribution is -0.146. The summed E-state index contributed by atoms with van der Waals surface area (Å²) in [6.07, 6.45) is 3.31. The van der Waals surface area contributed by atoms with Gasteiger partial charge >= 0.3 is 11.9 Å². The van der Waals surface area contributed by atoms with Crippen molar-refractivity contribution in [3.8, 4) is 5.75 Å². The molecule has 0 bridgehead atoms. The van der Waals surface area contributed by atoms with Crippen molar-refractivity contribution in [3.63, 3.8) is 0 Å². The highest BCUT2D eigenvalue weighted by molar-refractivity contribution is 7.17.